The zero-order chi connectivity index (χ0) is 11.4. The molecule has 2 heterocycles. The average Bonchev–Trinajstić information content (AvgIpc) is 2.29. The molecule has 0 aromatic carbocycles. The molecular formula is C12H17BrN2O. The number of ether oxygens (including phenoxy) is 1. The normalized spacial score (nSPS) is 22.0. The van der Waals surface area contributed by atoms with Gasteiger partial charge in [0.1, 0.15) is 0 Å². The van der Waals surface area contributed by atoms with Crippen LogP contribution in [0.3, 0.4) is 0 Å². The Labute approximate surface area is 105 Å². The van der Waals surface area contributed by atoms with E-state index in [4.69, 9.17) is 4.74 Å². The van der Waals surface area contributed by atoms with Gasteiger partial charge in [-0.3, -0.25) is 4.90 Å². The lowest BCUT2D eigenvalue weighted by Gasteiger charge is -2.29. The highest BCUT2D eigenvalue weighted by Gasteiger charge is 2.17. The number of likely N-dealkylation sites (tertiary alicyclic amines) is 1. The number of halogens is 1. The van der Waals surface area contributed by atoms with E-state index >= 15 is 0 Å². The fraction of sp³-hybridized carbons (Fsp3) is 0.583. The summed E-state index contributed by atoms with van der Waals surface area (Å²) in [5.74, 6) is 0.699. The Hall–Kier alpha value is -0.610. The number of hydrogen-bond donors (Lipinski definition) is 0. The standard InChI is InChI=1S/C12H17BrN2O/c1-16-12-6-2-5-11(14-12)9-15-7-3-4-10(13)8-15/h2,5-6,10H,3-4,7-9H2,1H3. The van der Waals surface area contributed by atoms with Crippen LogP contribution in [0, 0.1) is 0 Å². The predicted octanol–water partition coefficient (Wildman–Crippen LogP) is 2.45. The van der Waals surface area contributed by atoms with E-state index < -0.39 is 0 Å². The van der Waals surface area contributed by atoms with E-state index in [1.807, 2.05) is 12.1 Å². The summed E-state index contributed by atoms with van der Waals surface area (Å²) in [5.41, 5.74) is 1.08. The van der Waals surface area contributed by atoms with E-state index in [2.05, 4.69) is 31.9 Å². The van der Waals surface area contributed by atoms with Crippen LogP contribution in [0.4, 0.5) is 0 Å². The van der Waals surface area contributed by atoms with Crippen LogP contribution in [-0.2, 0) is 6.54 Å². The summed E-state index contributed by atoms with van der Waals surface area (Å²) in [4.78, 5) is 7.50. The van der Waals surface area contributed by atoms with Crippen molar-refractivity contribution < 1.29 is 4.74 Å². The van der Waals surface area contributed by atoms with Crippen molar-refractivity contribution >= 4 is 15.9 Å². The van der Waals surface area contributed by atoms with Crippen LogP contribution in [0.2, 0.25) is 0 Å². The molecule has 1 unspecified atom stereocenters. The lowest BCUT2D eigenvalue weighted by atomic mass is 10.1. The molecule has 0 N–H and O–H groups in total. The summed E-state index contributed by atoms with van der Waals surface area (Å²) < 4.78 is 5.13. The molecule has 16 heavy (non-hydrogen) atoms. The maximum atomic E-state index is 5.13. The smallest absolute Gasteiger partial charge is 0.213 e. The monoisotopic (exact) mass is 284 g/mol. The number of methoxy groups -OCH3 is 1. The number of rotatable bonds is 3. The maximum absolute atomic E-state index is 5.13. The molecule has 1 aromatic rings. The lowest BCUT2D eigenvalue weighted by molar-refractivity contribution is 0.224. The zero-order valence-electron chi connectivity index (χ0n) is 9.53. The average molecular weight is 285 g/mol. The molecule has 0 saturated carbocycles. The molecule has 1 atom stereocenters. The number of hydrogen-bond acceptors (Lipinski definition) is 3. The van der Waals surface area contributed by atoms with E-state index in [9.17, 15) is 0 Å². The van der Waals surface area contributed by atoms with Gasteiger partial charge >= 0.3 is 0 Å². The molecule has 4 heteroatoms. The molecule has 1 aromatic heterocycles. The van der Waals surface area contributed by atoms with Gasteiger partial charge in [-0.2, -0.15) is 0 Å². The van der Waals surface area contributed by atoms with Crippen molar-refractivity contribution in [3.63, 3.8) is 0 Å². The van der Waals surface area contributed by atoms with Crippen molar-refractivity contribution in [2.75, 3.05) is 20.2 Å². The Morgan fingerprint density at radius 1 is 1.56 bits per heavy atom. The molecule has 1 saturated heterocycles. The second-order valence-electron chi connectivity index (χ2n) is 4.15. The Kier molecular flexibility index (Phi) is 4.18. The van der Waals surface area contributed by atoms with Gasteiger partial charge in [0.05, 0.1) is 12.8 Å². The van der Waals surface area contributed by atoms with Crippen LogP contribution in [0.5, 0.6) is 5.88 Å². The predicted molar refractivity (Wildman–Crippen MR) is 68.0 cm³/mol. The largest absolute Gasteiger partial charge is 0.481 e. The molecule has 0 radical (unpaired) electrons. The fourth-order valence-corrected chi connectivity index (χ4v) is 2.76. The Morgan fingerprint density at radius 2 is 2.44 bits per heavy atom. The highest BCUT2D eigenvalue weighted by molar-refractivity contribution is 9.09. The van der Waals surface area contributed by atoms with Crippen molar-refractivity contribution in [2.24, 2.45) is 0 Å². The number of alkyl halides is 1. The van der Waals surface area contributed by atoms with Gasteiger partial charge in [-0.15, -0.1) is 0 Å². The van der Waals surface area contributed by atoms with E-state index in [0.29, 0.717) is 10.7 Å². The van der Waals surface area contributed by atoms with Crippen LogP contribution < -0.4 is 4.74 Å². The van der Waals surface area contributed by atoms with Crippen LogP contribution in [0.15, 0.2) is 18.2 Å². The summed E-state index contributed by atoms with van der Waals surface area (Å²) in [7, 11) is 1.65. The highest BCUT2D eigenvalue weighted by Crippen LogP contribution is 2.18. The first-order valence-corrected chi connectivity index (χ1v) is 6.56. The first-order chi connectivity index (χ1) is 7.78. The molecule has 88 valence electrons. The van der Waals surface area contributed by atoms with Crippen molar-refractivity contribution in [3.8, 4) is 5.88 Å². The van der Waals surface area contributed by atoms with Crippen LogP contribution in [0.1, 0.15) is 18.5 Å². The van der Waals surface area contributed by atoms with Gasteiger partial charge in [-0.25, -0.2) is 4.98 Å². The van der Waals surface area contributed by atoms with Gasteiger partial charge < -0.3 is 4.74 Å². The lowest BCUT2D eigenvalue weighted by Crippen LogP contribution is -2.35. The molecule has 1 aliphatic heterocycles. The summed E-state index contributed by atoms with van der Waals surface area (Å²) in [5, 5.41) is 0. The van der Waals surface area contributed by atoms with E-state index in [1.165, 1.54) is 19.4 Å². The fourth-order valence-electron chi connectivity index (χ4n) is 2.03. The Bertz CT molecular complexity index is 346. The van der Waals surface area contributed by atoms with Crippen molar-refractivity contribution in [2.45, 2.75) is 24.2 Å². The molecule has 3 nitrogen and oxygen atoms in total. The van der Waals surface area contributed by atoms with Gasteiger partial charge in [0.15, 0.2) is 0 Å². The quantitative estimate of drug-likeness (QED) is 0.798. The van der Waals surface area contributed by atoms with Gasteiger partial charge in [0.2, 0.25) is 5.88 Å². The first kappa shape index (κ1) is 11.9. The van der Waals surface area contributed by atoms with Crippen LogP contribution in [-0.4, -0.2) is 34.9 Å². The number of aromatic nitrogens is 1. The van der Waals surface area contributed by atoms with Gasteiger partial charge in [0.25, 0.3) is 0 Å². The molecule has 1 aliphatic rings. The van der Waals surface area contributed by atoms with E-state index in [1.54, 1.807) is 7.11 Å². The molecule has 0 spiro atoms. The van der Waals surface area contributed by atoms with Crippen LogP contribution in [0.25, 0.3) is 0 Å². The number of pyridine rings is 1. The zero-order valence-corrected chi connectivity index (χ0v) is 11.1. The minimum absolute atomic E-state index is 0.631. The molecule has 0 aliphatic carbocycles. The molecule has 1 fully saturated rings. The maximum Gasteiger partial charge on any atom is 0.213 e. The van der Waals surface area contributed by atoms with Gasteiger partial charge in [-0.1, -0.05) is 22.0 Å². The molecule has 0 amide bonds. The van der Waals surface area contributed by atoms with Crippen molar-refractivity contribution in [3.05, 3.63) is 23.9 Å². The summed E-state index contributed by atoms with van der Waals surface area (Å²) >= 11 is 3.68. The second kappa shape index (κ2) is 5.64. The summed E-state index contributed by atoms with van der Waals surface area (Å²) in [6, 6.07) is 5.93. The Balaban J connectivity index is 1.97. The van der Waals surface area contributed by atoms with Crippen LogP contribution >= 0.6 is 15.9 Å². The van der Waals surface area contributed by atoms with Crippen molar-refractivity contribution in [1.82, 2.24) is 9.88 Å². The third kappa shape index (κ3) is 3.19. The number of nitrogens with zero attached hydrogens (tertiary/aromatic N) is 2. The first-order valence-electron chi connectivity index (χ1n) is 5.64. The summed E-state index contributed by atoms with van der Waals surface area (Å²) in [6.45, 7) is 3.19. The molecule has 2 rings (SSSR count). The van der Waals surface area contributed by atoms with Gasteiger partial charge in [-0.05, 0) is 25.5 Å². The minimum atomic E-state index is 0.631. The molecule has 0 bridgehead atoms. The van der Waals surface area contributed by atoms with E-state index in [0.717, 1.165) is 18.8 Å². The summed E-state index contributed by atoms with van der Waals surface area (Å²) in [6.07, 6.45) is 2.54. The minimum Gasteiger partial charge on any atom is -0.481 e. The van der Waals surface area contributed by atoms with E-state index in [-0.39, 0.29) is 0 Å². The topological polar surface area (TPSA) is 25.4 Å². The second-order valence-corrected chi connectivity index (χ2v) is 5.44. The molecular weight excluding hydrogens is 268 g/mol. The Morgan fingerprint density at radius 3 is 3.19 bits per heavy atom. The third-order valence-corrected chi connectivity index (χ3v) is 3.57. The van der Waals surface area contributed by atoms with Crippen molar-refractivity contribution in [1.29, 1.82) is 0 Å². The number of piperidine rings is 1. The third-order valence-electron chi connectivity index (χ3n) is 2.82. The SMILES string of the molecule is COc1cccc(CN2CCCC(Br)C2)n1. The van der Waals surface area contributed by atoms with Gasteiger partial charge in [0, 0.05) is 24.0 Å². The highest BCUT2D eigenvalue weighted by atomic mass is 79.9.